The summed E-state index contributed by atoms with van der Waals surface area (Å²) in [5, 5.41) is 13.5. The minimum atomic E-state index is -0.756. The van der Waals surface area contributed by atoms with Crippen LogP contribution in [0.1, 0.15) is 42.1 Å². The monoisotopic (exact) mass is 499 g/mol. The van der Waals surface area contributed by atoms with Crippen molar-refractivity contribution in [2.24, 2.45) is 17.8 Å². The van der Waals surface area contributed by atoms with E-state index in [4.69, 9.17) is 0 Å². The highest BCUT2D eigenvalue weighted by Gasteiger charge is 2.52. The molecule has 3 atom stereocenters. The molecule has 32 heavy (non-hydrogen) atoms. The molecule has 2 aromatic rings. The normalized spacial score (nSPS) is 22.6. The average Bonchev–Trinajstić information content (AvgIpc) is 3.02. The number of amides is 3. The van der Waals surface area contributed by atoms with Crippen LogP contribution in [0.2, 0.25) is 0 Å². The van der Waals surface area contributed by atoms with Crippen molar-refractivity contribution in [3.05, 3.63) is 74.2 Å². The van der Waals surface area contributed by atoms with E-state index in [9.17, 15) is 24.5 Å². The van der Waals surface area contributed by atoms with E-state index in [-0.39, 0.29) is 17.8 Å². The molecule has 0 radical (unpaired) electrons. The van der Waals surface area contributed by atoms with Crippen LogP contribution in [0, 0.1) is 27.9 Å². The maximum absolute atomic E-state index is 13.6. The number of carbonyl (C=O) groups excluding carboxylic acids is 3. The molecule has 2 aliphatic rings. The molecule has 9 heteroatoms. The van der Waals surface area contributed by atoms with Crippen molar-refractivity contribution < 1.29 is 19.3 Å². The van der Waals surface area contributed by atoms with E-state index in [1.807, 2.05) is 0 Å². The van der Waals surface area contributed by atoms with Gasteiger partial charge in [-0.25, -0.2) is 5.01 Å². The number of carbonyl (C=O) groups is 3. The molecule has 1 aliphatic heterocycles. The molecule has 2 aromatic carbocycles. The Bertz CT molecular complexity index is 1090. The van der Waals surface area contributed by atoms with Crippen LogP contribution in [0.5, 0.6) is 0 Å². The molecular formula is C23H22BrN3O5. The lowest BCUT2D eigenvalue weighted by Crippen LogP contribution is -2.50. The lowest BCUT2D eigenvalue weighted by atomic mass is 9.76. The summed E-state index contributed by atoms with van der Waals surface area (Å²) in [6.07, 6.45) is 2.04. The highest BCUT2D eigenvalue weighted by Crippen LogP contribution is 2.41. The molecule has 1 saturated heterocycles. The number of halogens is 1. The van der Waals surface area contributed by atoms with Gasteiger partial charge in [0.25, 0.3) is 23.4 Å². The number of imide groups is 1. The van der Waals surface area contributed by atoms with Crippen molar-refractivity contribution in [2.45, 2.75) is 32.7 Å². The first-order valence-corrected chi connectivity index (χ1v) is 11.2. The first-order valence-electron chi connectivity index (χ1n) is 10.5. The molecule has 0 spiro atoms. The SMILES string of the molecule is C[C@@H]1CC[C@@H]2C(=O)N(N(Cc3ccc(Br)cc3)C(=O)c3ccccc3[N+](=O)[O-])C(=O)[C@@H]2C1. The molecule has 4 rings (SSSR count). The van der Waals surface area contributed by atoms with E-state index in [1.165, 1.54) is 24.3 Å². The third kappa shape index (κ3) is 4.04. The summed E-state index contributed by atoms with van der Waals surface area (Å²) >= 11 is 3.36. The minimum absolute atomic E-state index is 0.0648. The summed E-state index contributed by atoms with van der Waals surface area (Å²) in [5.41, 5.74) is 0.144. The van der Waals surface area contributed by atoms with Gasteiger partial charge in [0.05, 0.1) is 23.3 Å². The molecule has 1 aliphatic carbocycles. The van der Waals surface area contributed by atoms with E-state index < -0.39 is 34.5 Å². The van der Waals surface area contributed by atoms with E-state index in [0.29, 0.717) is 24.3 Å². The van der Waals surface area contributed by atoms with Gasteiger partial charge in [0.15, 0.2) is 0 Å². The Hall–Kier alpha value is -3.07. The maximum atomic E-state index is 13.6. The van der Waals surface area contributed by atoms with Crippen LogP contribution in [-0.4, -0.2) is 32.7 Å². The Kier molecular flexibility index (Phi) is 6.10. The minimum Gasteiger partial charge on any atom is -0.272 e. The number of nitrogens with zero attached hydrogens (tertiary/aromatic N) is 3. The van der Waals surface area contributed by atoms with Gasteiger partial charge in [0, 0.05) is 10.5 Å². The zero-order valence-corrected chi connectivity index (χ0v) is 19.0. The maximum Gasteiger partial charge on any atom is 0.282 e. The Morgan fingerprint density at radius 1 is 1.09 bits per heavy atom. The van der Waals surface area contributed by atoms with Gasteiger partial charge in [0.1, 0.15) is 5.56 Å². The van der Waals surface area contributed by atoms with Crippen molar-refractivity contribution in [2.75, 3.05) is 0 Å². The number of hydrogen-bond donors (Lipinski definition) is 0. The number of hydrazine groups is 1. The molecule has 3 amide bonds. The molecule has 166 valence electrons. The topological polar surface area (TPSA) is 101 Å². The van der Waals surface area contributed by atoms with Gasteiger partial charge in [-0.1, -0.05) is 47.1 Å². The molecule has 0 aromatic heterocycles. The van der Waals surface area contributed by atoms with Gasteiger partial charge in [-0.2, -0.15) is 5.01 Å². The summed E-state index contributed by atoms with van der Waals surface area (Å²) in [6, 6.07) is 12.7. The first-order chi connectivity index (χ1) is 15.3. The largest absolute Gasteiger partial charge is 0.282 e. The number of nitro benzene ring substituents is 1. The van der Waals surface area contributed by atoms with E-state index in [0.717, 1.165) is 20.9 Å². The molecule has 1 saturated carbocycles. The zero-order chi connectivity index (χ0) is 23.0. The second kappa shape index (κ2) is 8.82. The van der Waals surface area contributed by atoms with Gasteiger partial charge in [-0.05, 0) is 48.9 Å². The molecule has 0 bridgehead atoms. The van der Waals surface area contributed by atoms with Gasteiger partial charge in [0.2, 0.25) is 0 Å². The molecule has 0 N–H and O–H groups in total. The molecule has 0 unspecified atom stereocenters. The second-order valence-electron chi connectivity index (χ2n) is 8.38. The zero-order valence-electron chi connectivity index (χ0n) is 17.4. The Morgan fingerprint density at radius 2 is 1.75 bits per heavy atom. The van der Waals surface area contributed by atoms with Crippen molar-refractivity contribution >= 4 is 39.3 Å². The highest BCUT2D eigenvalue weighted by molar-refractivity contribution is 9.10. The van der Waals surface area contributed by atoms with Crippen LogP contribution in [0.4, 0.5) is 5.69 Å². The molecule has 1 heterocycles. The standard InChI is InChI=1S/C23H22BrN3O5/c1-14-6-11-17-19(12-14)23(30)26(22(17)29)25(13-15-7-9-16(24)10-8-15)21(28)18-4-2-3-5-20(18)27(31)32/h2-5,7-10,14,17,19H,6,11-13H2,1H3/t14-,17+,19-/m1/s1. The summed E-state index contributed by atoms with van der Waals surface area (Å²) in [5.74, 6) is -2.17. The summed E-state index contributed by atoms with van der Waals surface area (Å²) in [7, 11) is 0. The van der Waals surface area contributed by atoms with Crippen LogP contribution in [0.25, 0.3) is 0 Å². The number of nitro groups is 1. The fourth-order valence-corrected chi connectivity index (χ4v) is 4.82. The third-order valence-electron chi connectivity index (χ3n) is 6.22. The molecule has 8 nitrogen and oxygen atoms in total. The number of fused-ring (bicyclic) bond motifs is 1. The van der Waals surface area contributed by atoms with Gasteiger partial charge >= 0.3 is 0 Å². The fourth-order valence-electron chi connectivity index (χ4n) is 4.56. The lowest BCUT2D eigenvalue weighted by Gasteiger charge is -2.30. The predicted molar refractivity (Wildman–Crippen MR) is 119 cm³/mol. The number of hydrogen-bond acceptors (Lipinski definition) is 5. The summed E-state index contributed by atoms with van der Waals surface area (Å²) in [6.45, 7) is 1.99. The van der Waals surface area contributed by atoms with Crippen LogP contribution in [0.15, 0.2) is 53.0 Å². The van der Waals surface area contributed by atoms with Crippen molar-refractivity contribution in [3.63, 3.8) is 0 Å². The van der Waals surface area contributed by atoms with E-state index in [2.05, 4.69) is 22.9 Å². The fraction of sp³-hybridized carbons (Fsp3) is 0.348. The van der Waals surface area contributed by atoms with Crippen LogP contribution >= 0.6 is 15.9 Å². The van der Waals surface area contributed by atoms with Gasteiger partial charge in [-0.3, -0.25) is 24.5 Å². The average molecular weight is 500 g/mol. The van der Waals surface area contributed by atoms with Crippen LogP contribution < -0.4 is 0 Å². The van der Waals surface area contributed by atoms with Crippen molar-refractivity contribution in [3.8, 4) is 0 Å². The number of para-hydroxylation sites is 1. The van der Waals surface area contributed by atoms with Gasteiger partial charge in [-0.15, -0.1) is 0 Å². The van der Waals surface area contributed by atoms with Crippen molar-refractivity contribution in [1.82, 2.24) is 10.0 Å². The third-order valence-corrected chi connectivity index (χ3v) is 6.75. The van der Waals surface area contributed by atoms with E-state index in [1.54, 1.807) is 24.3 Å². The smallest absolute Gasteiger partial charge is 0.272 e. The summed E-state index contributed by atoms with van der Waals surface area (Å²) in [4.78, 5) is 51.0. The Morgan fingerprint density at radius 3 is 2.44 bits per heavy atom. The highest BCUT2D eigenvalue weighted by atomic mass is 79.9. The second-order valence-corrected chi connectivity index (χ2v) is 9.30. The Balaban J connectivity index is 1.75. The van der Waals surface area contributed by atoms with Gasteiger partial charge < -0.3 is 0 Å². The first kappa shape index (κ1) is 22.1. The predicted octanol–water partition coefficient (Wildman–Crippen LogP) is 4.34. The molecular weight excluding hydrogens is 478 g/mol. The van der Waals surface area contributed by atoms with E-state index >= 15 is 0 Å². The lowest BCUT2D eigenvalue weighted by molar-refractivity contribution is -0.385. The van der Waals surface area contributed by atoms with Crippen molar-refractivity contribution in [1.29, 1.82) is 0 Å². The Labute approximate surface area is 193 Å². The number of rotatable bonds is 5. The van der Waals surface area contributed by atoms with Crippen LogP contribution in [-0.2, 0) is 16.1 Å². The summed E-state index contributed by atoms with van der Waals surface area (Å²) < 4.78 is 0.839. The number of benzene rings is 2. The quantitative estimate of drug-likeness (QED) is 0.346. The van der Waals surface area contributed by atoms with Crippen LogP contribution in [0.3, 0.4) is 0 Å². The molecule has 2 fully saturated rings.